The first-order chi connectivity index (χ1) is 11.2. The van der Waals surface area contributed by atoms with Crippen LogP contribution in [0.1, 0.15) is 40.0 Å². The van der Waals surface area contributed by atoms with Gasteiger partial charge in [-0.05, 0) is 57.3 Å². The Balaban J connectivity index is 2.43. The molecule has 2 aliphatic rings. The molecule has 4 nitrogen and oxygen atoms in total. The molecule has 3 atom stereocenters. The Kier molecular flexibility index (Phi) is 5.37. The van der Waals surface area contributed by atoms with E-state index < -0.39 is 12.0 Å². The topological polar surface area (TPSA) is 60.4 Å². The van der Waals surface area contributed by atoms with Gasteiger partial charge in [0.1, 0.15) is 6.10 Å². The summed E-state index contributed by atoms with van der Waals surface area (Å²) in [6, 6.07) is 0. The van der Waals surface area contributed by atoms with Gasteiger partial charge in [-0.15, -0.1) is 0 Å². The Labute approximate surface area is 143 Å². The molecule has 0 aromatic rings. The zero-order valence-corrected chi connectivity index (χ0v) is 14.6. The average Bonchev–Trinajstić information content (AvgIpc) is 2.82. The van der Waals surface area contributed by atoms with Crippen molar-refractivity contribution in [3.05, 3.63) is 47.6 Å². The van der Waals surface area contributed by atoms with E-state index in [1.165, 1.54) is 6.08 Å². The number of carbonyl (C=O) groups is 3. The minimum Gasteiger partial charge on any atom is -0.454 e. The van der Waals surface area contributed by atoms with E-state index in [2.05, 4.69) is 13.2 Å². The summed E-state index contributed by atoms with van der Waals surface area (Å²) < 4.78 is 5.39. The van der Waals surface area contributed by atoms with E-state index >= 15 is 0 Å². The van der Waals surface area contributed by atoms with Crippen molar-refractivity contribution in [2.75, 3.05) is 0 Å². The van der Waals surface area contributed by atoms with Crippen molar-refractivity contribution in [2.24, 2.45) is 11.8 Å². The first kappa shape index (κ1) is 18.1. The summed E-state index contributed by atoms with van der Waals surface area (Å²) in [5, 5.41) is 0. The third-order valence-electron chi connectivity index (χ3n) is 4.73. The molecule has 0 saturated carbocycles. The van der Waals surface area contributed by atoms with Crippen molar-refractivity contribution < 1.29 is 19.1 Å². The molecular formula is C20H24O4. The van der Waals surface area contributed by atoms with E-state index in [0.29, 0.717) is 36.0 Å². The number of fused-ring (bicyclic) bond motifs is 1. The van der Waals surface area contributed by atoms with Gasteiger partial charge in [0.2, 0.25) is 0 Å². The molecule has 24 heavy (non-hydrogen) atoms. The van der Waals surface area contributed by atoms with Gasteiger partial charge in [0, 0.05) is 12.0 Å². The predicted molar refractivity (Wildman–Crippen MR) is 92.2 cm³/mol. The molecule has 1 unspecified atom stereocenters. The van der Waals surface area contributed by atoms with Crippen LogP contribution in [0.25, 0.3) is 0 Å². The van der Waals surface area contributed by atoms with Crippen molar-refractivity contribution in [2.45, 2.75) is 46.1 Å². The van der Waals surface area contributed by atoms with Gasteiger partial charge in [-0.3, -0.25) is 9.59 Å². The zero-order chi connectivity index (χ0) is 18.0. The SMILES string of the molecule is C=C(C)C1CCC2=C[C@@H](OC2=O)[C@@H](C(=C)C)C(=O)/C=C(/C)C(=O)C1. The highest BCUT2D eigenvalue weighted by molar-refractivity contribution is 6.04. The molecule has 4 heteroatoms. The van der Waals surface area contributed by atoms with E-state index in [1.54, 1.807) is 19.9 Å². The van der Waals surface area contributed by atoms with Crippen LogP contribution in [0.15, 0.2) is 47.6 Å². The molecule has 0 fully saturated rings. The summed E-state index contributed by atoms with van der Waals surface area (Å²) in [6.45, 7) is 13.1. The van der Waals surface area contributed by atoms with Crippen LogP contribution < -0.4 is 0 Å². The van der Waals surface area contributed by atoms with Gasteiger partial charge in [0.25, 0.3) is 0 Å². The van der Waals surface area contributed by atoms with Gasteiger partial charge in [-0.2, -0.15) is 0 Å². The average molecular weight is 328 g/mol. The van der Waals surface area contributed by atoms with E-state index in [-0.39, 0.29) is 23.5 Å². The normalized spacial score (nSPS) is 30.5. The standard InChI is InChI=1S/C20H24O4/c1-11(2)14-6-7-15-10-18(24-20(15)23)19(12(3)4)17(22)8-13(5)16(21)9-14/h8,10,14,18-19H,1,3,6-7,9H2,2,4-5H3/b13-8-/t14?,18-,19+/m1/s1. The highest BCUT2D eigenvalue weighted by Gasteiger charge is 2.36. The second-order valence-electron chi connectivity index (χ2n) is 6.82. The highest BCUT2D eigenvalue weighted by Crippen LogP contribution is 2.31. The fraction of sp³-hybridized carbons (Fsp3) is 0.450. The maximum absolute atomic E-state index is 12.6. The summed E-state index contributed by atoms with van der Waals surface area (Å²) in [5.74, 6) is -1.36. The number of allylic oxidation sites excluding steroid dienone is 3. The molecule has 2 bridgehead atoms. The Morgan fingerprint density at radius 2 is 1.83 bits per heavy atom. The third kappa shape index (κ3) is 3.81. The van der Waals surface area contributed by atoms with Crippen molar-refractivity contribution in [3.63, 3.8) is 0 Å². The molecule has 0 saturated heterocycles. The molecule has 128 valence electrons. The first-order valence-electron chi connectivity index (χ1n) is 8.18. The second-order valence-corrected chi connectivity index (χ2v) is 6.82. The van der Waals surface area contributed by atoms with E-state index in [0.717, 1.165) is 5.57 Å². The number of ether oxygens (including phenoxy) is 1. The van der Waals surface area contributed by atoms with Crippen LogP contribution in [0.2, 0.25) is 0 Å². The molecule has 1 aliphatic heterocycles. The van der Waals surface area contributed by atoms with Crippen LogP contribution in [0, 0.1) is 11.8 Å². The van der Waals surface area contributed by atoms with Gasteiger partial charge >= 0.3 is 5.97 Å². The van der Waals surface area contributed by atoms with Crippen LogP contribution in [-0.2, 0) is 19.1 Å². The molecule has 2 rings (SSSR count). The van der Waals surface area contributed by atoms with Gasteiger partial charge in [0.15, 0.2) is 11.6 Å². The van der Waals surface area contributed by atoms with Crippen LogP contribution in [-0.4, -0.2) is 23.6 Å². The van der Waals surface area contributed by atoms with Gasteiger partial charge < -0.3 is 4.74 Å². The van der Waals surface area contributed by atoms with Crippen LogP contribution in [0.5, 0.6) is 0 Å². The van der Waals surface area contributed by atoms with Crippen LogP contribution >= 0.6 is 0 Å². The molecule has 0 spiro atoms. The smallest absolute Gasteiger partial charge is 0.334 e. The molecule has 0 aromatic heterocycles. The second kappa shape index (κ2) is 7.12. The lowest BCUT2D eigenvalue weighted by Gasteiger charge is -2.20. The monoisotopic (exact) mass is 328 g/mol. The highest BCUT2D eigenvalue weighted by atomic mass is 16.5. The number of hydrogen-bond donors (Lipinski definition) is 0. The number of rotatable bonds is 2. The zero-order valence-electron chi connectivity index (χ0n) is 14.6. The Hall–Kier alpha value is -2.23. The lowest BCUT2D eigenvalue weighted by Crippen LogP contribution is -2.28. The van der Waals surface area contributed by atoms with Gasteiger partial charge in [-0.25, -0.2) is 4.79 Å². The summed E-state index contributed by atoms with van der Waals surface area (Å²) >= 11 is 0. The Bertz CT molecular complexity index is 678. The minimum absolute atomic E-state index is 0.0138. The lowest BCUT2D eigenvalue weighted by molar-refractivity contribution is -0.142. The van der Waals surface area contributed by atoms with E-state index in [4.69, 9.17) is 4.74 Å². The van der Waals surface area contributed by atoms with Crippen LogP contribution in [0.3, 0.4) is 0 Å². The summed E-state index contributed by atoms with van der Waals surface area (Å²) in [7, 11) is 0. The summed E-state index contributed by atoms with van der Waals surface area (Å²) in [5.41, 5.74) is 2.51. The molecule has 0 amide bonds. The first-order valence-corrected chi connectivity index (χ1v) is 8.18. The Morgan fingerprint density at radius 3 is 2.42 bits per heavy atom. The molecule has 0 N–H and O–H groups in total. The van der Waals surface area contributed by atoms with Crippen molar-refractivity contribution in [3.8, 4) is 0 Å². The number of carbonyl (C=O) groups excluding carboxylic acids is 3. The van der Waals surface area contributed by atoms with Gasteiger partial charge in [-0.1, -0.05) is 24.3 Å². The van der Waals surface area contributed by atoms with E-state index in [9.17, 15) is 14.4 Å². The largest absolute Gasteiger partial charge is 0.454 e. The molecule has 1 aliphatic carbocycles. The molecule has 0 radical (unpaired) electrons. The predicted octanol–water partition coefficient (Wildman–Crippen LogP) is 3.49. The fourth-order valence-corrected chi connectivity index (χ4v) is 3.16. The minimum atomic E-state index is -0.648. The lowest BCUT2D eigenvalue weighted by atomic mass is 9.85. The van der Waals surface area contributed by atoms with Crippen LogP contribution in [0.4, 0.5) is 0 Å². The number of Topliss-reactive ketones (excluding diaryl/α,β-unsaturated/α-hetero) is 1. The molecule has 1 heterocycles. The van der Waals surface area contributed by atoms with Crippen molar-refractivity contribution in [1.29, 1.82) is 0 Å². The third-order valence-corrected chi connectivity index (χ3v) is 4.73. The van der Waals surface area contributed by atoms with Crippen molar-refractivity contribution in [1.82, 2.24) is 0 Å². The van der Waals surface area contributed by atoms with E-state index in [1.807, 2.05) is 6.92 Å². The molecule has 0 aromatic carbocycles. The summed E-state index contributed by atoms with van der Waals surface area (Å²) in [4.78, 5) is 37.1. The Morgan fingerprint density at radius 1 is 1.17 bits per heavy atom. The maximum Gasteiger partial charge on any atom is 0.334 e. The molecular weight excluding hydrogens is 304 g/mol. The quantitative estimate of drug-likeness (QED) is 0.575. The number of esters is 1. The van der Waals surface area contributed by atoms with Crippen molar-refractivity contribution >= 4 is 17.5 Å². The maximum atomic E-state index is 12.6. The fourth-order valence-electron chi connectivity index (χ4n) is 3.16. The summed E-state index contributed by atoms with van der Waals surface area (Å²) in [6.07, 6.45) is 3.93. The number of ketones is 2. The van der Waals surface area contributed by atoms with Gasteiger partial charge in [0.05, 0.1) is 5.92 Å². The number of hydrogen-bond acceptors (Lipinski definition) is 4.